The maximum atomic E-state index is 13.5. The SMILES string of the molecule is CC(C)N1CCC(c2ccc(O)c(C(=O)Nc3cc(-c4ccccc4)ccc3C(=O)O)c2)CC1.COC(=O)c1ccc(-c2ccccc2)cc1NC(=O)c1cc(C2CCN(C(C)C)CC2)ccc1C.COC(=O)c1ccc(-c2ccccc2)cc1NC(=O)c1cc(C2CCN(C(C)C)CC2)ccc1O.COC(=O)c1ccc(-c2ccccc2)cc1NC(=O)c1cc(C2CCNCC2)ccc1C. The summed E-state index contributed by atoms with van der Waals surface area (Å²) in [5, 5.41) is 45.5. The Balaban J connectivity index is 0.000000153. The number of esters is 3. The van der Waals surface area contributed by atoms with Gasteiger partial charge in [0.2, 0.25) is 0 Å². The van der Waals surface area contributed by atoms with Gasteiger partial charge in [0, 0.05) is 29.3 Å². The third-order valence-electron chi connectivity index (χ3n) is 26.5. The Labute approximate surface area is 797 Å². The number of carbonyl (C=O) groups is 8. The number of anilines is 4. The molecule has 4 aliphatic heterocycles. The number of carboxylic acids is 1. The van der Waals surface area contributed by atoms with Crippen molar-refractivity contribution >= 4 is 70.3 Å². The van der Waals surface area contributed by atoms with Gasteiger partial charge in [0.15, 0.2) is 0 Å². The molecule has 16 rings (SSSR count). The first kappa shape index (κ1) is 99.3. The second-order valence-corrected chi connectivity index (χ2v) is 36.0. The lowest BCUT2D eigenvalue weighted by Crippen LogP contribution is -2.37. The van der Waals surface area contributed by atoms with E-state index in [0.717, 1.165) is 170 Å². The Bertz CT molecular complexity index is 6000. The van der Waals surface area contributed by atoms with Crippen molar-refractivity contribution in [2.45, 2.75) is 149 Å². The van der Waals surface area contributed by atoms with Gasteiger partial charge in [0.05, 0.1) is 77.5 Å². The fraction of sp³-hybridized carbons (Fsp3) is 0.298. The molecule has 4 saturated heterocycles. The minimum Gasteiger partial charge on any atom is -0.507 e. The maximum Gasteiger partial charge on any atom is 0.339 e. The van der Waals surface area contributed by atoms with E-state index >= 15 is 0 Å². The number of hydrogen-bond donors (Lipinski definition) is 8. The number of ether oxygens (including phenoxy) is 3. The summed E-state index contributed by atoms with van der Waals surface area (Å²) in [6, 6.07) is 84.2. The topological polar surface area (TPSA) is 295 Å². The Morgan fingerprint density at radius 1 is 0.294 bits per heavy atom. The van der Waals surface area contributed by atoms with Crippen molar-refractivity contribution in [1.82, 2.24) is 20.0 Å². The van der Waals surface area contributed by atoms with Gasteiger partial charge in [-0.2, -0.15) is 0 Å². The van der Waals surface area contributed by atoms with Gasteiger partial charge < -0.3 is 70.8 Å². The zero-order valence-electron chi connectivity index (χ0n) is 79.4. The molecule has 0 aromatic heterocycles. The number of aryl methyl sites for hydroxylation is 2. The van der Waals surface area contributed by atoms with Crippen molar-refractivity contribution in [3.8, 4) is 56.0 Å². The van der Waals surface area contributed by atoms with Crippen LogP contribution in [0, 0.1) is 13.8 Å². The quantitative estimate of drug-likeness (QED) is 0.0218. The van der Waals surface area contributed by atoms with Crippen LogP contribution >= 0.6 is 0 Å². The van der Waals surface area contributed by atoms with E-state index in [1.54, 1.807) is 60.7 Å². The van der Waals surface area contributed by atoms with E-state index in [1.807, 2.05) is 202 Å². The molecule has 0 spiro atoms. The first-order chi connectivity index (χ1) is 65.6. The van der Waals surface area contributed by atoms with E-state index in [4.69, 9.17) is 14.2 Å². The second kappa shape index (κ2) is 47.2. The van der Waals surface area contributed by atoms with Crippen LogP contribution < -0.4 is 26.6 Å². The number of phenols is 2. The van der Waals surface area contributed by atoms with Gasteiger partial charge in [-0.3, -0.25) is 19.2 Å². The summed E-state index contributed by atoms with van der Waals surface area (Å²) in [4.78, 5) is 110. The Kier molecular flexibility index (Phi) is 34.4. The average molecular weight is 1830 g/mol. The van der Waals surface area contributed by atoms with Crippen molar-refractivity contribution in [3.05, 3.63) is 345 Å². The van der Waals surface area contributed by atoms with Crippen LogP contribution in [-0.4, -0.2) is 169 Å². The molecule has 0 bridgehead atoms. The van der Waals surface area contributed by atoms with E-state index in [2.05, 4.69) is 95.0 Å². The lowest BCUT2D eigenvalue weighted by Gasteiger charge is -2.35. The predicted octanol–water partition coefficient (Wildman–Crippen LogP) is 22.7. The summed E-state index contributed by atoms with van der Waals surface area (Å²) in [6.45, 7) is 25.3. The van der Waals surface area contributed by atoms with Crippen LogP contribution in [-0.2, 0) is 14.2 Å². The van der Waals surface area contributed by atoms with Gasteiger partial charge in [0.25, 0.3) is 23.6 Å². The fourth-order valence-corrected chi connectivity index (χ4v) is 18.3. The molecule has 0 unspecified atom stereocenters. The molecule has 8 N–H and O–H groups in total. The van der Waals surface area contributed by atoms with Gasteiger partial charge in [-0.25, -0.2) is 19.2 Å². The highest BCUT2D eigenvalue weighted by Crippen LogP contribution is 2.39. The molecule has 136 heavy (non-hydrogen) atoms. The van der Waals surface area contributed by atoms with E-state index in [1.165, 1.54) is 38.5 Å². The molecule has 22 nitrogen and oxygen atoms in total. The molecular weight excluding hydrogens is 1710 g/mol. The predicted molar refractivity (Wildman–Crippen MR) is 540 cm³/mol. The highest BCUT2D eigenvalue weighted by atomic mass is 16.5. The van der Waals surface area contributed by atoms with Crippen LogP contribution in [0.5, 0.6) is 11.5 Å². The largest absolute Gasteiger partial charge is 0.507 e. The number of nitrogens with zero attached hydrogens (tertiary/aromatic N) is 3. The van der Waals surface area contributed by atoms with Gasteiger partial charge >= 0.3 is 23.9 Å². The first-order valence-corrected chi connectivity index (χ1v) is 47.0. The average Bonchev–Trinajstić information content (AvgIpc) is 0.781. The zero-order valence-corrected chi connectivity index (χ0v) is 79.4. The molecule has 0 atom stereocenters. The van der Waals surface area contributed by atoms with Gasteiger partial charge in [0.1, 0.15) is 11.5 Å². The van der Waals surface area contributed by atoms with Crippen molar-refractivity contribution in [3.63, 3.8) is 0 Å². The number of nitrogens with one attached hydrogen (secondary N) is 5. The molecule has 0 radical (unpaired) electrons. The lowest BCUT2D eigenvalue weighted by molar-refractivity contribution is 0.0592. The van der Waals surface area contributed by atoms with Crippen molar-refractivity contribution < 1.29 is 67.9 Å². The molecule has 4 amide bonds. The van der Waals surface area contributed by atoms with Crippen LogP contribution in [0.1, 0.15) is 233 Å². The molecule has 4 aliphatic rings. The number of rotatable bonds is 23. The molecule has 0 aliphatic carbocycles. The van der Waals surface area contributed by atoms with Crippen LogP contribution in [0.4, 0.5) is 22.7 Å². The normalized spacial score (nSPS) is 14.5. The van der Waals surface area contributed by atoms with Crippen molar-refractivity contribution in [2.24, 2.45) is 0 Å². The number of likely N-dealkylation sites (tertiary alicyclic amines) is 3. The molecule has 12 aromatic carbocycles. The number of methoxy groups -OCH3 is 3. The Morgan fingerprint density at radius 3 is 0.801 bits per heavy atom. The summed E-state index contributed by atoms with van der Waals surface area (Å²) in [7, 11) is 3.99. The molecular formula is C114H124N8O14. The summed E-state index contributed by atoms with van der Waals surface area (Å²) >= 11 is 0. The van der Waals surface area contributed by atoms with Crippen LogP contribution in [0.25, 0.3) is 44.5 Å². The van der Waals surface area contributed by atoms with Crippen LogP contribution in [0.3, 0.4) is 0 Å². The number of carboxylic acid groups (broad SMARTS) is 1. The molecule has 4 heterocycles. The van der Waals surface area contributed by atoms with E-state index in [-0.39, 0.29) is 51.3 Å². The second-order valence-electron chi connectivity index (χ2n) is 36.0. The van der Waals surface area contributed by atoms with Gasteiger partial charge in [-0.15, -0.1) is 0 Å². The number of hydrogen-bond acceptors (Lipinski definition) is 17. The molecule has 0 saturated carbocycles. The highest BCUT2D eigenvalue weighted by molar-refractivity contribution is 6.13. The van der Waals surface area contributed by atoms with Crippen LogP contribution in [0.15, 0.2) is 267 Å². The monoisotopic (exact) mass is 1830 g/mol. The zero-order chi connectivity index (χ0) is 96.6. The summed E-state index contributed by atoms with van der Waals surface area (Å²) in [6.07, 6.45) is 8.32. The highest BCUT2D eigenvalue weighted by Gasteiger charge is 2.31. The Hall–Kier alpha value is -14.2. The van der Waals surface area contributed by atoms with Gasteiger partial charge in [-0.1, -0.05) is 182 Å². The molecule has 4 fully saturated rings. The van der Waals surface area contributed by atoms with E-state index in [0.29, 0.717) is 81.1 Å². The van der Waals surface area contributed by atoms with Gasteiger partial charge in [-0.05, 0) is 346 Å². The smallest absolute Gasteiger partial charge is 0.339 e. The third kappa shape index (κ3) is 25.5. The Morgan fingerprint density at radius 2 is 0.537 bits per heavy atom. The summed E-state index contributed by atoms with van der Waals surface area (Å²) < 4.78 is 14.8. The van der Waals surface area contributed by atoms with Crippen molar-refractivity contribution in [1.29, 1.82) is 0 Å². The minimum atomic E-state index is -1.13. The number of piperidine rings is 4. The minimum absolute atomic E-state index is 0.00951. The van der Waals surface area contributed by atoms with Crippen molar-refractivity contribution in [2.75, 3.05) is 95.0 Å². The number of phenolic OH excluding ortho intramolecular Hbond substituents is 2. The number of aromatic hydroxyl groups is 2. The lowest BCUT2D eigenvalue weighted by atomic mass is 9.87. The number of aromatic carboxylic acids is 1. The van der Waals surface area contributed by atoms with E-state index in [9.17, 15) is 53.7 Å². The molecule has 12 aromatic rings. The van der Waals surface area contributed by atoms with E-state index < -0.39 is 35.7 Å². The molecule has 22 heteroatoms. The maximum absolute atomic E-state index is 13.5. The summed E-state index contributed by atoms with van der Waals surface area (Å²) in [5.41, 5.74) is 17.5. The standard InChI is InChI=1S/C30H34N2O3.C29H32N2O4.C28H30N2O4.C27H28N2O3/c1-20(2)32-16-14-23(15-17-32)24-11-10-21(3)27(18-24)29(33)31-28-19-25(22-8-6-5-7-9-22)12-13-26(28)30(34)35-4;1-19(2)31-15-13-21(14-16-31)22-10-12-27(32)25(17-22)28(33)30-26-18-23(20-7-5-4-6-8-20)9-11-24(26)29(34)35-3;1-18(2)30-14-12-20(13-15-30)21-9-11-26(31)24(16-21)27(32)29-25-17-22(8-10-23(25)28(33)34)19-6-4-3-5-7-19;1-18-8-9-21(20-12-14-28-15-13-20)16-24(18)26(30)29-25-17-22(19-6-4-3-5-7-19)10-11-23(25)27(31)32-2/h5-13,18-20,23H,14-17H2,1-4H3,(H,31,33);4-12,17-19,21,32H,13-16H2,1-3H3,(H,30,33);3-11,16-18,20,31H,12-15H2,1-2H3,(H,29,32)(H,33,34);3-11,16-17,20,28H,12-15H2,1-2H3,(H,29,30). The molecule has 704 valence electrons. The number of benzene rings is 12. The fourth-order valence-electron chi connectivity index (χ4n) is 18.3. The first-order valence-electron chi connectivity index (χ1n) is 47.0. The number of amides is 4. The summed E-state index contributed by atoms with van der Waals surface area (Å²) in [5.74, 6) is -2.77. The third-order valence-corrected chi connectivity index (χ3v) is 26.5. The number of carbonyl (C=O) groups excluding carboxylic acids is 7. The van der Waals surface area contributed by atoms with Crippen LogP contribution in [0.2, 0.25) is 0 Å².